The summed E-state index contributed by atoms with van der Waals surface area (Å²) in [6.07, 6.45) is 0. The number of hydrogen-bond acceptors (Lipinski definition) is 9. The molecule has 0 atom stereocenters. The van der Waals surface area contributed by atoms with Gasteiger partial charge < -0.3 is 30.6 Å². The summed E-state index contributed by atoms with van der Waals surface area (Å²) in [6, 6.07) is 24.2. The van der Waals surface area contributed by atoms with E-state index in [4.69, 9.17) is 13.6 Å². The number of phenolic OH excluding ortho intramolecular Hbond substituents is 6. The second-order valence-electron chi connectivity index (χ2n) is 42.1. The van der Waals surface area contributed by atoms with Crippen LogP contribution in [0.3, 0.4) is 0 Å². The van der Waals surface area contributed by atoms with E-state index in [-0.39, 0.29) is 34.5 Å². The summed E-state index contributed by atoms with van der Waals surface area (Å²) in [4.78, 5) is 0. The van der Waals surface area contributed by atoms with Crippen molar-refractivity contribution in [3.63, 3.8) is 0 Å². The minimum Gasteiger partial charge on any atom is -0.508 e. The summed E-state index contributed by atoms with van der Waals surface area (Å²) in [6.45, 7) is 83.1. The van der Waals surface area contributed by atoms with Gasteiger partial charge in [-0.2, -0.15) is 0 Å². The van der Waals surface area contributed by atoms with Crippen LogP contribution in [-0.2, 0) is 95.4 Å². The maximum Gasteiger partial charge on any atom is 0.336 e. The Morgan fingerprint density at radius 1 is 0.160 bits per heavy atom. The van der Waals surface area contributed by atoms with Crippen LogP contribution in [0.2, 0.25) is 0 Å². The Kier molecular flexibility index (Phi) is 21.9. The van der Waals surface area contributed by atoms with Gasteiger partial charge in [-0.05, 0) is 259 Å². The standard InChI is InChI=1S/C90H135O9P/c1-76(2,3)52-46-70(91)64(82(19,20)21)40-58(52)88(37,59-41-65(83(22,23)24)71(92)47-53(59)77(4,5)6)97-100(98-89(38,60-42-66(84(25,26)27)72(93)48-54(60)78(7,8)9)61-43-67(85(28,29)30)73(94)49-55(61)79(10,11)12)99-90(39,62-44-68(86(31,32)33)74(95)50-56(62)80(13,14)15)63-45-69(87(34,35)36)75(96)51-57(63)81(16,17)18/h40-51,91-96H,1-39H3. The lowest BCUT2D eigenvalue weighted by Crippen LogP contribution is -2.39. The van der Waals surface area contributed by atoms with Crippen molar-refractivity contribution in [2.45, 2.75) is 352 Å². The third-order valence-corrected chi connectivity index (χ3v) is 21.9. The molecule has 0 aliphatic rings. The maximum atomic E-state index is 12.6. The normalized spacial score (nSPS) is 14.4. The summed E-state index contributed by atoms with van der Waals surface area (Å²) < 4.78 is 26.5. The Balaban J connectivity index is 2.18. The fourth-order valence-electron chi connectivity index (χ4n) is 14.5. The van der Waals surface area contributed by atoms with Gasteiger partial charge in [0.1, 0.15) is 51.3 Å². The molecule has 6 rings (SSSR count). The van der Waals surface area contributed by atoms with Crippen LogP contribution in [0.15, 0.2) is 72.8 Å². The first-order valence-electron chi connectivity index (χ1n) is 36.4. The fourth-order valence-corrected chi connectivity index (χ4v) is 16.1. The van der Waals surface area contributed by atoms with E-state index in [1.54, 1.807) is 0 Å². The van der Waals surface area contributed by atoms with Crippen molar-refractivity contribution < 1.29 is 44.2 Å². The van der Waals surface area contributed by atoms with Crippen molar-refractivity contribution in [2.24, 2.45) is 0 Å². The summed E-state index contributed by atoms with van der Waals surface area (Å²) in [5.74, 6) is 0.902. The van der Waals surface area contributed by atoms with Crippen molar-refractivity contribution in [2.75, 3.05) is 0 Å². The monoisotopic (exact) mass is 1390 g/mol. The Labute approximate surface area is 608 Å². The first kappa shape index (κ1) is 83.4. The Hall–Kier alpha value is -5.57. The van der Waals surface area contributed by atoms with Crippen molar-refractivity contribution in [3.05, 3.63) is 173 Å². The van der Waals surface area contributed by atoms with Crippen LogP contribution in [0, 0.1) is 0 Å². The highest BCUT2D eigenvalue weighted by molar-refractivity contribution is 7.41. The number of aromatic hydroxyl groups is 6. The fraction of sp³-hybridized carbons (Fsp3) is 0.600. The molecule has 0 aliphatic heterocycles. The van der Waals surface area contributed by atoms with Gasteiger partial charge in [0.05, 0.1) is 0 Å². The molecule has 10 heteroatoms. The third-order valence-electron chi connectivity index (χ3n) is 20.4. The lowest BCUT2D eigenvalue weighted by Gasteiger charge is -2.47. The quantitative estimate of drug-likeness (QED) is 0.0659. The zero-order valence-corrected chi connectivity index (χ0v) is 70.7. The molecule has 0 saturated carbocycles. The SMILES string of the molecule is CC(C)(C)c1cc(C(C)(OP(OC(C)(c2cc(C(C)(C)C)c(O)cc2C(C)(C)C)c2cc(C(C)(C)C)c(O)cc2C(C)(C)C)OC(C)(c2cc(C(C)(C)C)c(O)cc2C(C)(C)C)c2cc(C(C)(C)C)c(O)cc2C(C)(C)C)c2cc(C(C)(C)C)c(O)cc2C(C)(C)C)c(C(C)(C)C)cc1O. The smallest absolute Gasteiger partial charge is 0.336 e. The van der Waals surface area contributed by atoms with Crippen LogP contribution in [0.5, 0.6) is 34.5 Å². The summed E-state index contributed by atoms with van der Waals surface area (Å²) >= 11 is 0. The van der Waals surface area contributed by atoms with Crippen LogP contribution >= 0.6 is 8.60 Å². The first-order valence-corrected chi connectivity index (χ1v) is 37.5. The molecule has 9 nitrogen and oxygen atoms in total. The molecule has 0 unspecified atom stereocenters. The van der Waals surface area contributed by atoms with E-state index in [0.717, 1.165) is 66.8 Å². The first-order chi connectivity index (χ1) is 44.2. The van der Waals surface area contributed by atoms with Gasteiger partial charge >= 0.3 is 8.60 Å². The molecule has 0 saturated heterocycles. The van der Waals surface area contributed by atoms with Crippen LogP contribution in [0.1, 0.15) is 370 Å². The van der Waals surface area contributed by atoms with Crippen LogP contribution < -0.4 is 0 Å². The average Bonchev–Trinajstić information content (AvgIpc) is 0.725. The molecule has 0 aromatic heterocycles. The molecule has 0 spiro atoms. The van der Waals surface area contributed by atoms with E-state index in [9.17, 15) is 30.6 Å². The van der Waals surface area contributed by atoms with E-state index in [1.807, 2.05) is 36.4 Å². The van der Waals surface area contributed by atoms with E-state index in [2.05, 4.69) is 306 Å². The lowest BCUT2D eigenvalue weighted by atomic mass is 9.69. The average molecular weight is 1390 g/mol. The maximum absolute atomic E-state index is 12.6. The van der Waals surface area contributed by atoms with Gasteiger partial charge in [-0.1, -0.05) is 249 Å². The molecule has 6 N–H and O–H groups in total. The highest BCUT2D eigenvalue weighted by atomic mass is 31.2. The van der Waals surface area contributed by atoms with Crippen molar-refractivity contribution >= 4 is 8.60 Å². The minimum atomic E-state index is -3.00. The predicted octanol–water partition coefficient (Wildman–Crippen LogP) is 25.0. The summed E-state index contributed by atoms with van der Waals surface area (Å²) in [5.41, 5.74) is 1.16. The predicted molar refractivity (Wildman–Crippen MR) is 423 cm³/mol. The molecule has 0 aliphatic carbocycles. The molecule has 0 fully saturated rings. The van der Waals surface area contributed by atoms with Crippen LogP contribution in [0.25, 0.3) is 0 Å². The van der Waals surface area contributed by atoms with Crippen LogP contribution in [-0.4, -0.2) is 30.6 Å². The van der Waals surface area contributed by atoms with Gasteiger partial charge in [-0.25, -0.2) is 0 Å². The van der Waals surface area contributed by atoms with Gasteiger partial charge in [-0.15, -0.1) is 0 Å². The van der Waals surface area contributed by atoms with Gasteiger partial charge in [-0.3, -0.25) is 13.6 Å². The molecule has 0 bridgehead atoms. The molecule has 6 aromatic rings. The second-order valence-corrected chi connectivity index (χ2v) is 43.1. The number of rotatable bonds is 12. The molecule has 0 amide bonds. The number of benzene rings is 6. The van der Waals surface area contributed by atoms with Gasteiger partial charge in [0.15, 0.2) is 0 Å². The zero-order chi connectivity index (χ0) is 77.5. The highest BCUT2D eigenvalue weighted by Gasteiger charge is 2.53. The summed E-state index contributed by atoms with van der Waals surface area (Å²) in [5, 5.41) is 75.5. The second kappa shape index (κ2) is 26.2. The van der Waals surface area contributed by atoms with Gasteiger partial charge in [0.25, 0.3) is 0 Å². The summed E-state index contributed by atoms with van der Waals surface area (Å²) in [7, 11) is -3.00. The molecular formula is C90H135O9P. The van der Waals surface area contributed by atoms with Crippen molar-refractivity contribution in [1.82, 2.24) is 0 Å². The Morgan fingerprint density at radius 3 is 0.350 bits per heavy atom. The van der Waals surface area contributed by atoms with Gasteiger partial charge in [0.2, 0.25) is 0 Å². The van der Waals surface area contributed by atoms with E-state index < -0.39 is 90.4 Å². The van der Waals surface area contributed by atoms with Crippen molar-refractivity contribution in [3.8, 4) is 34.5 Å². The van der Waals surface area contributed by atoms with Gasteiger partial charge in [0, 0.05) is 0 Å². The third kappa shape index (κ3) is 17.0. The van der Waals surface area contributed by atoms with Crippen LogP contribution in [0.4, 0.5) is 0 Å². The zero-order valence-electron chi connectivity index (χ0n) is 69.8. The molecular weight excluding hydrogens is 1260 g/mol. The topological polar surface area (TPSA) is 149 Å². The minimum absolute atomic E-state index is 0.150. The largest absolute Gasteiger partial charge is 0.508 e. The molecule has 0 radical (unpaired) electrons. The lowest BCUT2D eigenvalue weighted by molar-refractivity contribution is -0.00296. The van der Waals surface area contributed by atoms with Crippen molar-refractivity contribution in [1.29, 1.82) is 0 Å². The molecule has 0 heterocycles. The molecule has 100 heavy (non-hydrogen) atoms. The Bertz CT molecular complexity index is 3370. The van der Waals surface area contributed by atoms with E-state index in [0.29, 0.717) is 33.4 Å². The molecule has 6 aromatic carbocycles. The number of phenols is 6. The molecule has 554 valence electrons. The van der Waals surface area contributed by atoms with E-state index >= 15 is 0 Å². The van der Waals surface area contributed by atoms with E-state index in [1.165, 1.54) is 0 Å². The highest BCUT2D eigenvalue weighted by Crippen LogP contribution is 2.65. The Morgan fingerprint density at radius 2 is 0.260 bits per heavy atom. The number of hydrogen-bond donors (Lipinski definition) is 6.